The van der Waals surface area contributed by atoms with Crippen molar-refractivity contribution in [1.29, 1.82) is 0 Å². The number of benzene rings is 5. The summed E-state index contributed by atoms with van der Waals surface area (Å²) in [4.78, 5) is 5.14. The Balaban J connectivity index is 1.50. The summed E-state index contributed by atoms with van der Waals surface area (Å²) < 4.78 is 7.33. The van der Waals surface area contributed by atoms with Crippen LogP contribution >= 0.6 is 0 Å². The van der Waals surface area contributed by atoms with Gasteiger partial charge in [0.05, 0.1) is 22.1 Å². The van der Waals surface area contributed by atoms with Crippen molar-refractivity contribution < 1.29 is 0 Å². The van der Waals surface area contributed by atoms with Gasteiger partial charge in [0.25, 0.3) is 0 Å². The first-order chi connectivity index (χ1) is 17.9. The molecule has 0 spiro atoms. The van der Waals surface area contributed by atoms with Crippen molar-refractivity contribution in [2.24, 2.45) is 0 Å². The Morgan fingerprint density at radius 2 is 1.33 bits per heavy atom. The lowest BCUT2D eigenvalue weighted by atomic mass is 9.45. The summed E-state index contributed by atoms with van der Waals surface area (Å²) in [5.41, 5.74) is 13.8. The van der Waals surface area contributed by atoms with Crippen LogP contribution in [-0.4, -0.2) is 25.3 Å². The summed E-state index contributed by atoms with van der Waals surface area (Å²) >= 11 is 0. The van der Waals surface area contributed by atoms with Crippen molar-refractivity contribution in [3.63, 3.8) is 0 Å². The van der Waals surface area contributed by atoms with Gasteiger partial charge in [0, 0.05) is 33.1 Å². The molecule has 8 aromatic rings. The van der Waals surface area contributed by atoms with E-state index >= 15 is 0 Å². The Morgan fingerprint density at radius 3 is 2.31 bits per heavy atom. The Hall–Kier alpha value is -4.77. The monoisotopic (exact) mass is 456 g/mol. The molecule has 10 rings (SSSR count). The first-order valence-electron chi connectivity index (χ1n) is 12.5. The standard InChI is InChI=1S/C31H17BN4/c1-3-14-24-18(8-1)20-10-5-11-21-19-9-6-16-26-28(19)32(36(24)29(20)21)22-12-7-17-27-30(22)35(26)31-33-23-13-2-4-15-25(23)34(27)31/h1-17H. The molecule has 2 aliphatic rings. The minimum atomic E-state index is 0.107. The number of fused-ring (bicyclic) bond motifs is 12. The predicted molar refractivity (Wildman–Crippen MR) is 148 cm³/mol. The largest absolute Gasteiger partial charge is 0.375 e. The molecule has 0 amide bonds. The van der Waals surface area contributed by atoms with E-state index in [0.717, 1.165) is 16.8 Å². The van der Waals surface area contributed by atoms with Crippen molar-refractivity contribution in [3.8, 4) is 16.8 Å². The summed E-state index contributed by atoms with van der Waals surface area (Å²) in [5, 5.41) is 2.64. The van der Waals surface area contributed by atoms with Gasteiger partial charge in [-0.15, -0.1) is 0 Å². The van der Waals surface area contributed by atoms with Crippen LogP contribution in [0.15, 0.2) is 103 Å². The highest BCUT2D eigenvalue weighted by Gasteiger charge is 2.41. The fraction of sp³-hybridized carbons (Fsp3) is 0. The molecule has 4 nitrogen and oxygen atoms in total. The zero-order valence-electron chi connectivity index (χ0n) is 19.2. The van der Waals surface area contributed by atoms with Crippen LogP contribution in [0.4, 0.5) is 0 Å². The molecule has 0 fully saturated rings. The summed E-state index contributed by atoms with van der Waals surface area (Å²) in [5.74, 6) is 0.979. The van der Waals surface area contributed by atoms with Gasteiger partial charge >= 0.3 is 6.85 Å². The minimum Gasteiger partial charge on any atom is -0.375 e. The van der Waals surface area contributed by atoms with Crippen molar-refractivity contribution in [2.75, 3.05) is 0 Å². The number of rotatable bonds is 0. The molecule has 0 bridgehead atoms. The molecule has 0 saturated carbocycles. The SMILES string of the molecule is c1cc2c3c(c1)-n1c4c(cccc4n4c5ccccc5nc14)B3n1c3ccccc3c3cccc-2c31. The lowest BCUT2D eigenvalue weighted by molar-refractivity contribution is 1.11. The van der Waals surface area contributed by atoms with E-state index in [0.29, 0.717) is 0 Å². The van der Waals surface area contributed by atoms with Gasteiger partial charge in [0.15, 0.2) is 0 Å². The van der Waals surface area contributed by atoms with E-state index in [2.05, 4.69) is 117 Å². The molecule has 2 aliphatic heterocycles. The highest BCUT2D eigenvalue weighted by molar-refractivity contribution is 6.90. The quantitative estimate of drug-likeness (QED) is 0.278. The minimum absolute atomic E-state index is 0.107. The predicted octanol–water partition coefficient (Wildman–Crippen LogP) is 5.49. The highest BCUT2D eigenvalue weighted by Crippen LogP contribution is 2.41. The molecule has 3 aromatic heterocycles. The smallest absolute Gasteiger partial charge is 0.333 e. The molecular weight excluding hydrogens is 439 g/mol. The van der Waals surface area contributed by atoms with Gasteiger partial charge in [-0.25, -0.2) is 4.98 Å². The molecule has 36 heavy (non-hydrogen) atoms. The van der Waals surface area contributed by atoms with E-state index in [1.54, 1.807) is 0 Å². The van der Waals surface area contributed by atoms with Crippen molar-refractivity contribution in [2.45, 2.75) is 0 Å². The van der Waals surface area contributed by atoms with Crippen LogP contribution in [0, 0.1) is 0 Å². The topological polar surface area (TPSA) is 27.2 Å². The van der Waals surface area contributed by atoms with Gasteiger partial charge in [-0.05, 0) is 46.8 Å². The van der Waals surface area contributed by atoms with Crippen LogP contribution < -0.4 is 10.9 Å². The summed E-state index contributed by atoms with van der Waals surface area (Å²) in [7, 11) is 0. The number of aromatic nitrogens is 4. The maximum Gasteiger partial charge on any atom is 0.333 e. The molecule has 0 aliphatic carbocycles. The first-order valence-corrected chi connectivity index (χ1v) is 12.5. The van der Waals surface area contributed by atoms with E-state index in [-0.39, 0.29) is 6.85 Å². The lowest BCUT2D eigenvalue weighted by Gasteiger charge is -2.33. The van der Waals surface area contributed by atoms with E-state index in [9.17, 15) is 0 Å². The molecule has 0 atom stereocenters. The van der Waals surface area contributed by atoms with Crippen LogP contribution in [0.5, 0.6) is 0 Å². The Labute approximate surface area is 205 Å². The van der Waals surface area contributed by atoms with Crippen molar-refractivity contribution in [1.82, 2.24) is 18.4 Å². The molecule has 0 saturated heterocycles. The van der Waals surface area contributed by atoms with Gasteiger partial charge in [-0.1, -0.05) is 72.8 Å². The third-order valence-corrected chi connectivity index (χ3v) is 8.42. The molecule has 0 N–H and O–H groups in total. The summed E-state index contributed by atoms with van der Waals surface area (Å²) in [6, 6.07) is 37.6. The first kappa shape index (κ1) is 17.6. The Kier molecular flexibility index (Phi) is 2.80. The van der Waals surface area contributed by atoms with Gasteiger partial charge in [0.2, 0.25) is 5.78 Å². The third kappa shape index (κ3) is 1.76. The maximum atomic E-state index is 5.14. The molecule has 0 unspecified atom stereocenters. The number of hydrogen-bond acceptors (Lipinski definition) is 1. The summed E-state index contributed by atoms with van der Waals surface area (Å²) in [6.45, 7) is 0.107. The van der Waals surface area contributed by atoms with E-state index in [1.807, 2.05) is 0 Å². The molecule has 5 heterocycles. The average molecular weight is 456 g/mol. The summed E-state index contributed by atoms with van der Waals surface area (Å²) in [6.07, 6.45) is 0. The average Bonchev–Trinajstić information content (AvgIpc) is 3.57. The zero-order valence-corrected chi connectivity index (χ0v) is 19.2. The van der Waals surface area contributed by atoms with E-state index in [1.165, 1.54) is 60.6 Å². The zero-order chi connectivity index (χ0) is 23.1. The molecule has 5 heteroatoms. The lowest BCUT2D eigenvalue weighted by Crippen LogP contribution is -2.55. The van der Waals surface area contributed by atoms with Gasteiger partial charge in [-0.3, -0.25) is 8.97 Å². The second kappa shape index (κ2) is 5.72. The molecule has 5 aromatic carbocycles. The van der Waals surface area contributed by atoms with E-state index < -0.39 is 0 Å². The second-order valence-corrected chi connectivity index (χ2v) is 10.0. The van der Waals surface area contributed by atoms with Crippen molar-refractivity contribution >= 4 is 67.4 Å². The number of imidazole rings is 2. The van der Waals surface area contributed by atoms with Gasteiger partial charge in [0.1, 0.15) is 0 Å². The molecular formula is C31H17BN4. The van der Waals surface area contributed by atoms with Crippen LogP contribution in [0.1, 0.15) is 0 Å². The number of para-hydroxylation sites is 5. The third-order valence-electron chi connectivity index (χ3n) is 8.42. The van der Waals surface area contributed by atoms with Crippen LogP contribution in [0.3, 0.4) is 0 Å². The molecule has 0 radical (unpaired) electrons. The fourth-order valence-corrected chi connectivity index (χ4v) is 7.15. The van der Waals surface area contributed by atoms with Crippen LogP contribution in [0.2, 0.25) is 0 Å². The van der Waals surface area contributed by atoms with Crippen LogP contribution in [0.25, 0.3) is 66.5 Å². The Bertz CT molecular complexity index is 2280. The van der Waals surface area contributed by atoms with Gasteiger partial charge < -0.3 is 4.48 Å². The van der Waals surface area contributed by atoms with E-state index in [4.69, 9.17) is 4.98 Å². The normalized spacial score (nSPS) is 13.5. The number of hydrogen-bond donors (Lipinski definition) is 0. The molecule has 164 valence electrons. The van der Waals surface area contributed by atoms with Crippen molar-refractivity contribution in [3.05, 3.63) is 103 Å². The Morgan fingerprint density at radius 1 is 0.583 bits per heavy atom. The van der Waals surface area contributed by atoms with Gasteiger partial charge in [-0.2, -0.15) is 0 Å². The fourth-order valence-electron chi connectivity index (χ4n) is 7.15. The highest BCUT2D eigenvalue weighted by atomic mass is 15.2. The second-order valence-electron chi connectivity index (χ2n) is 10.0. The maximum absolute atomic E-state index is 5.14. The number of nitrogens with zero attached hydrogens (tertiary/aromatic N) is 4. The van der Waals surface area contributed by atoms with Crippen LogP contribution in [-0.2, 0) is 0 Å².